The smallest absolute Gasteiger partial charge is 0.298 e. The number of aromatic nitrogens is 2. The highest BCUT2D eigenvalue weighted by molar-refractivity contribution is 5.82. The maximum Gasteiger partial charge on any atom is 0.435 e. The number of alkyl halides is 3. The van der Waals surface area contributed by atoms with E-state index in [0.29, 0.717) is 0 Å². The molecule has 0 amide bonds. The van der Waals surface area contributed by atoms with Gasteiger partial charge in [0.2, 0.25) is 0 Å². The lowest BCUT2D eigenvalue weighted by molar-refractivity contribution is -0.385. The minimum atomic E-state index is -4.58. The highest BCUT2D eigenvalue weighted by atomic mass is 19.4. The molecule has 104 valence electrons. The molecule has 0 spiro atoms. The van der Waals surface area contributed by atoms with Crippen molar-refractivity contribution in [1.29, 1.82) is 0 Å². The fraction of sp³-hybridized carbons (Fsp3) is 0.0909. The van der Waals surface area contributed by atoms with Crippen molar-refractivity contribution in [2.75, 3.05) is 0 Å². The van der Waals surface area contributed by atoms with Crippen molar-refractivity contribution in [3.8, 4) is 5.69 Å². The molecule has 0 saturated heterocycles. The summed E-state index contributed by atoms with van der Waals surface area (Å²) in [5.74, 6) is 0. The van der Waals surface area contributed by atoms with E-state index in [1.54, 1.807) is 0 Å². The number of nitro benzene ring substituents is 1. The van der Waals surface area contributed by atoms with Crippen LogP contribution in [0.4, 0.5) is 18.9 Å². The molecule has 2 aromatic rings. The standard InChI is InChI=1S/C11H6F3N3O3/c12-11(13,14)10-3-4-16(15-10)8-1-2-9(17(19)20)7(5-8)6-18/h1-6H. The molecule has 6 nitrogen and oxygen atoms in total. The third-order valence-corrected chi connectivity index (χ3v) is 2.48. The van der Waals surface area contributed by atoms with Crippen LogP contribution >= 0.6 is 0 Å². The number of rotatable bonds is 3. The molecule has 0 fully saturated rings. The lowest BCUT2D eigenvalue weighted by Crippen LogP contribution is -2.07. The van der Waals surface area contributed by atoms with E-state index in [1.165, 1.54) is 6.07 Å². The minimum Gasteiger partial charge on any atom is -0.298 e. The van der Waals surface area contributed by atoms with E-state index in [-0.39, 0.29) is 17.5 Å². The van der Waals surface area contributed by atoms with Gasteiger partial charge in [-0.3, -0.25) is 14.9 Å². The highest BCUT2D eigenvalue weighted by Crippen LogP contribution is 2.28. The molecule has 0 saturated carbocycles. The molecule has 0 radical (unpaired) electrons. The van der Waals surface area contributed by atoms with Crippen molar-refractivity contribution in [1.82, 2.24) is 9.78 Å². The molecule has 9 heteroatoms. The van der Waals surface area contributed by atoms with Gasteiger partial charge in [-0.1, -0.05) is 0 Å². The Labute approximate surface area is 109 Å². The Hall–Kier alpha value is -2.71. The van der Waals surface area contributed by atoms with Crippen LogP contribution in [0.25, 0.3) is 5.69 Å². The van der Waals surface area contributed by atoms with E-state index >= 15 is 0 Å². The number of aldehydes is 1. The lowest BCUT2D eigenvalue weighted by Gasteiger charge is -2.04. The Balaban J connectivity index is 2.46. The molecule has 0 N–H and O–H groups in total. The second-order valence-corrected chi connectivity index (χ2v) is 3.76. The average molecular weight is 285 g/mol. The van der Waals surface area contributed by atoms with Crippen LogP contribution in [0.1, 0.15) is 16.1 Å². The number of nitrogens with zero attached hydrogens (tertiary/aromatic N) is 3. The first-order chi connectivity index (χ1) is 9.32. The zero-order valence-electron chi connectivity index (χ0n) is 9.66. The Bertz CT molecular complexity index is 679. The number of carbonyl (C=O) groups excluding carboxylic acids is 1. The van der Waals surface area contributed by atoms with E-state index < -0.39 is 22.5 Å². The zero-order chi connectivity index (χ0) is 14.9. The molecule has 0 aliphatic carbocycles. The van der Waals surface area contributed by atoms with Gasteiger partial charge in [-0.15, -0.1) is 0 Å². The summed E-state index contributed by atoms with van der Waals surface area (Å²) in [6.07, 6.45) is -3.27. The SMILES string of the molecule is O=Cc1cc(-n2ccc(C(F)(F)F)n2)ccc1[N+](=O)[O-]. The van der Waals surface area contributed by atoms with Gasteiger partial charge in [-0.05, 0) is 18.2 Å². The van der Waals surface area contributed by atoms with Crippen molar-refractivity contribution in [2.24, 2.45) is 0 Å². The quantitative estimate of drug-likeness (QED) is 0.493. The molecule has 0 bridgehead atoms. The van der Waals surface area contributed by atoms with Gasteiger partial charge < -0.3 is 0 Å². The predicted molar refractivity (Wildman–Crippen MR) is 60.6 cm³/mol. The molecule has 20 heavy (non-hydrogen) atoms. The number of hydrogen-bond acceptors (Lipinski definition) is 4. The fourth-order valence-electron chi connectivity index (χ4n) is 1.56. The van der Waals surface area contributed by atoms with Crippen LogP contribution < -0.4 is 0 Å². The topological polar surface area (TPSA) is 78.0 Å². The second-order valence-electron chi connectivity index (χ2n) is 3.76. The lowest BCUT2D eigenvalue weighted by atomic mass is 10.2. The van der Waals surface area contributed by atoms with E-state index in [9.17, 15) is 28.1 Å². The van der Waals surface area contributed by atoms with E-state index in [2.05, 4.69) is 5.10 Å². The molecule has 0 unspecified atom stereocenters. The van der Waals surface area contributed by atoms with E-state index in [1.807, 2.05) is 0 Å². The fourth-order valence-corrected chi connectivity index (χ4v) is 1.56. The van der Waals surface area contributed by atoms with Gasteiger partial charge in [-0.2, -0.15) is 18.3 Å². The van der Waals surface area contributed by atoms with Crippen LogP contribution in [0.3, 0.4) is 0 Å². The van der Waals surface area contributed by atoms with Crippen molar-refractivity contribution in [2.45, 2.75) is 6.18 Å². The summed E-state index contributed by atoms with van der Waals surface area (Å²) in [6.45, 7) is 0. The second kappa shape index (κ2) is 4.76. The van der Waals surface area contributed by atoms with Gasteiger partial charge in [-0.25, -0.2) is 4.68 Å². The van der Waals surface area contributed by atoms with E-state index in [4.69, 9.17) is 0 Å². The third-order valence-electron chi connectivity index (χ3n) is 2.48. The van der Waals surface area contributed by atoms with Gasteiger partial charge in [0.15, 0.2) is 12.0 Å². The average Bonchev–Trinajstić information content (AvgIpc) is 2.87. The van der Waals surface area contributed by atoms with Crippen molar-refractivity contribution in [3.63, 3.8) is 0 Å². The largest absolute Gasteiger partial charge is 0.435 e. The minimum absolute atomic E-state index is 0.119. The third kappa shape index (κ3) is 2.51. The summed E-state index contributed by atoms with van der Waals surface area (Å²) in [5.41, 5.74) is -1.64. The predicted octanol–water partition coefficient (Wildman–Crippen LogP) is 2.61. The Morgan fingerprint density at radius 3 is 2.50 bits per heavy atom. The van der Waals surface area contributed by atoms with Gasteiger partial charge in [0, 0.05) is 12.3 Å². The molecule has 0 aliphatic rings. The maximum absolute atomic E-state index is 12.4. The van der Waals surface area contributed by atoms with Crippen LogP contribution in [0.5, 0.6) is 0 Å². The van der Waals surface area contributed by atoms with E-state index in [0.717, 1.165) is 29.1 Å². The Morgan fingerprint density at radius 2 is 2.00 bits per heavy atom. The number of nitro groups is 1. The van der Waals surface area contributed by atoms with Gasteiger partial charge >= 0.3 is 6.18 Å². The number of benzene rings is 1. The molecule has 0 atom stereocenters. The van der Waals surface area contributed by atoms with Crippen LogP contribution in [0.15, 0.2) is 30.5 Å². The van der Waals surface area contributed by atoms with Crippen LogP contribution in [-0.2, 0) is 6.18 Å². The van der Waals surface area contributed by atoms with Crippen molar-refractivity contribution < 1.29 is 22.9 Å². The molecular formula is C11H6F3N3O3. The maximum atomic E-state index is 12.4. The molecule has 1 heterocycles. The van der Waals surface area contributed by atoms with Crippen molar-refractivity contribution >= 4 is 12.0 Å². The summed E-state index contributed by atoms with van der Waals surface area (Å²) in [4.78, 5) is 20.7. The molecule has 1 aromatic heterocycles. The van der Waals surface area contributed by atoms with Crippen LogP contribution in [0, 0.1) is 10.1 Å². The molecule has 0 aliphatic heterocycles. The number of carbonyl (C=O) groups is 1. The molecule has 2 rings (SSSR count). The summed E-state index contributed by atoms with van der Waals surface area (Å²) in [6, 6.07) is 4.10. The summed E-state index contributed by atoms with van der Waals surface area (Å²) < 4.78 is 38.1. The zero-order valence-corrected chi connectivity index (χ0v) is 9.66. The van der Waals surface area contributed by atoms with Crippen LogP contribution in [0.2, 0.25) is 0 Å². The monoisotopic (exact) mass is 285 g/mol. The normalized spacial score (nSPS) is 11.3. The first kappa shape index (κ1) is 13.7. The van der Waals surface area contributed by atoms with Crippen molar-refractivity contribution in [3.05, 3.63) is 51.8 Å². The highest BCUT2D eigenvalue weighted by Gasteiger charge is 2.33. The number of hydrogen-bond donors (Lipinski definition) is 0. The first-order valence-electron chi connectivity index (χ1n) is 5.20. The summed E-state index contributed by atoms with van der Waals surface area (Å²) in [7, 11) is 0. The summed E-state index contributed by atoms with van der Waals surface area (Å²) >= 11 is 0. The van der Waals surface area contributed by atoms with Gasteiger partial charge in [0.25, 0.3) is 5.69 Å². The van der Waals surface area contributed by atoms with Gasteiger partial charge in [0.1, 0.15) is 0 Å². The molecule has 1 aromatic carbocycles. The number of halogens is 3. The Kier molecular flexibility index (Phi) is 3.26. The van der Waals surface area contributed by atoms with Gasteiger partial charge in [0.05, 0.1) is 16.2 Å². The first-order valence-corrected chi connectivity index (χ1v) is 5.20. The summed E-state index contributed by atoms with van der Waals surface area (Å²) in [5, 5.41) is 13.9. The molecular weight excluding hydrogens is 279 g/mol. The Morgan fingerprint density at radius 1 is 1.30 bits per heavy atom. The van der Waals surface area contributed by atoms with Crippen LogP contribution in [-0.4, -0.2) is 21.0 Å².